The fourth-order valence-electron chi connectivity index (χ4n) is 4.06. The average Bonchev–Trinajstić information content (AvgIpc) is 2.80. The number of hydrogen-bond donors (Lipinski definition) is 1. The highest BCUT2D eigenvalue weighted by molar-refractivity contribution is 5.97. The summed E-state index contributed by atoms with van der Waals surface area (Å²) in [6.07, 6.45) is 2.65. The lowest BCUT2D eigenvalue weighted by Gasteiger charge is -2.34. The number of hydrogen-bond acceptors (Lipinski definition) is 5. The first-order valence-electron chi connectivity index (χ1n) is 11.5. The lowest BCUT2D eigenvalue weighted by atomic mass is 10.0. The molecule has 2 amide bonds. The zero-order valence-corrected chi connectivity index (χ0v) is 19.3. The molecule has 0 aliphatic carbocycles. The van der Waals surface area contributed by atoms with Gasteiger partial charge in [0.05, 0.1) is 11.6 Å². The largest absolute Gasteiger partial charge is 0.491 e. The molecule has 2 aromatic rings. The van der Waals surface area contributed by atoms with Gasteiger partial charge in [0.15, 0.2) is 0 Å². The summed E-state index contributed by atoms with van der Waals surface area (Å²) in [4.78, 5) is 34.5. The Morgan fingerprint density at radius 1 is 1.12 bits per heavy atom. The van der Waals surface area contributed by atoms with E-state index in [-0.39, 0.29) is 23.8 Å². The number of nitrogens with two attached hydrogens (primary N) is 1. The number of aromatic nitrogens is 1. The molecule has 0 saturated carbocycles. The summed E-state index contributed by atoms with van der Waals surface area (Å²) in [6.45, 7) is 8.37. The third-order valence-corrected chi connectivity index (χ3v) is 5.94. The Balaban J connectivity index is 1.94. The Bertz CT molecular complexity index is 931. The SMILES string of the molecule is CCN1CCCCCN(C(=O)c2cccc(N)n2)[C@@H](C(C)C)COc2ccccc2C1=O. The first-order valence-corrected chi connectivity index (χ1v) is 11.5. The summed E-state index contributed by atoms with van der Waals surface area (Å²) in [5, 5.41) is 0. The minimum absolute atomic E-state index is 0.0136. The molecule has 2 N–H and O–H groups in total. The van der Waals surface area contributed by atoms with Crippen LogP contribution in [0.4, 0.5) is 5.82 Å². The van der Waals surface area contributed by atoms with Gasteiger partial charge in [-0.05, 0) is 56.4 Å². The molecule has 0 fully saturated rings. The summed E-state index contributed by atoms with van der Waals surface area (Å²) in [6, 6.07) is 12.3. The highest BCUT2D eigenvalue weighted by Crippen LogP contribution is 2.24. The number of benzene rings is 1. The zero-order valence-electron chi connectivity index (χ0n) is 19.3. The van der Waals surface area contributed by atoms with Gasteiger partial charge in [-0.25, -0.2) is 4.98 Å². The molecule has 32 heavy (non-hydrogen) atoms. The van der Waals surface area contributed by atoms with Crippen molar-refractivity contribution in [2.45, 2.75) is 46.1 Å². The van der Waals surface area contributed by atoms with E-state index in [0.717, 1.165) is 19.3 Å². The number of rotatable bonds is 3. The van der Waals surface area contributed by atoms with Crippen molar-refractivity contribution in [3.05, 3.63) is 53.7 Å². The van der Waals surface area contributed by atoms with Crippen LogP contribution < -0.4 is 10.5 Å². The second-order valence-electron chi connectivity index (χ2n) is 8.51. The summed E-state index contributed by atoms with van der Waals surface area (Å²) < 4.78 is 6.19. The number of para-hydroxylation sites is 1. The van der Waals surface area contributed by atoms with Gasteiger partial charge < -0.3 is 20.3 Å². The third-order valence-electron chi connectivity index (χ3n) is 5.94. The van der Waals surface area contributed by atoms with Gasteiger partial charge in [-0.15, -0.1) is 0 Å². The van der Waals surface area contributed by atoms with Crippen LogP contribution in [0, 0.1) is 5.92 Å². The molecule has 1 atom stereocenters. The van der Waals surface area contributed by atoms with E-state index in [1.165, 1.54) is 0 Å². The molecule has 7 nitrogen and oxygen atoms in total. The molecule has 172 valence electrons. The van der Waals surface area contributed by atoms with Crippen LogP contribution in [-0.2, 0) is 0 Å². The maximum atomic E-state index is 13.4. The fraction of sp³-hybridized carbons (Fsp3) is 0.480. The minimum Gasteiger partial charge on any atom is -0.491 e. The van der Waals surface area contributed by atoms with Crippen LogP contribution in [0.5, 0.6) is 5.75 Å². The normalized spacial score (nSPS) is 18.2. The van der Waals surface area contributed by atoms with Gasteiger partial charge in [0, 0.05) is 19.6 Å². The molecular weight excluding hydrogens is 404 g/mol. The van der Waals surface area contributed by atoms with Gasteiger partial charge >= 0.3 is 0 Å². The molecule has 0 saturated heterocycles. The van der Waals surface area contributed by atoms with E-state index in [9.17, 15) is 9.59 Å². The lowest BCUT2D eigenvalue weighted by molar-refractivity contribution is 0.0522. The predicted molar refractivity (Wildman–Crippen MR) is 126 cm³/mol. The van der Waals surface area contributed by atoms with E-state index in [2.05, 4.69) is 18.8 Å². The molecule has 2 heterocycles. The predicted octanol–water partition coefficient (Wildman–Crippen LogP) is 3.86. The van der Waals surface area contributed by atoms with Crippen molar-refractivity contribution >= 4 is 17.6 Å². The van der Waals surface area contributed by atoms with E-state index in [1.54, 1.807) is 18.2 Å². The number of pyridine rings is 1. The number of nitrogen functional groups attached to an aromatic ring is 1. The highest BCUT2D eigenvalue weighted by atomic mass is 16.5. The van der Waals surface area contributed by atoms with Crippen molar-refractivity contribution in [3.63, 3.8) is 0 Å². The molecule has 0 unspecified atom stereocenters. The Labute approximate surface area is 190 Å². The molecular formula is C25H34N4O3. The van der Waals surface area contributed by atoms with Crippen molar-refractivity contribution in [1.82, 2.24) is 14.8 Å². The van der Waals surface area contributed by atoms with Crippen molar-refractivity contribution in [3.8, 4) is 5.75 Å². The lowest BCUT2D eigenvalue weighted by Crippen LogP contribution is -2.47. The Hall–Kier alpha value is -3.09. The summed E-state index contributed by atoms with van der Waals surface area (Å²) >= 11 is 0. The zero-order chi connectivity index (χ0) is 23.1. The van der Waals surface area contributed by atoms with Crippen LogP contribution in [0.25, 0.3) is 0 Å². The summed E-state index contributed by atoms with van der Waals surface area (Å²) in [7, 11) is 0. The van der Waals surface area contributed by atoms with E-state index in [4.69, 9.17) is 10.5 Å². The average molecular weight is 439 g/mol. The number of anilines is 1. The molecule has 0 bridgehead atoms. The molecule has 0 radical (unpaired) electrons. The Kier molecular flexibility index (Phi) is 8.09. The number of carbonyl (C=O) groups is 2. The van der Waals surface area contributed by atoms with Crippen molar-refractivity contribution in [2.75, 3.05) is 32.0 Å². The Morgan fingerprint density at radius 3 is 2.59 bits per heavy atom. The maximum Gasteiger partial charge on any atom is 0.272 e. The molecule has 0 spiro atoms. The molecule has 1 aliphatic rings. The molecule has 1 aromatic carbocycles. The number of amides is 2. The second-order valence-corrected chi connectivity index (χ2v) is 8.51. The molecule has 7 heteroatoms. The first kappa shape index (κ1) is 23.6. The van der Waals surface area contributed by atoms with Crippen LogP contribution in [0.1, 0.15) is 60.9 Å². The molecule has 1 aliphatic heterocycles. The van der Waals surface area contributed by atoms with Gasteiger partial charge in [-0.1, -0.05) is 32.0 Å². The minimum atomic E-state index is -0.170. The smallest absolute Gasteiger partial charge is 0.272 e. The number of nitrogens with zero attached hydrogens (tertiary/aromatic N) is 3. The highest BCUT2D eigenvalue weighted by Gasteiger charge is 2.29. The van der Waals surface area contributed by atoms with E-state index in [0.29, 0.717) is 49.1 Å². The second kappa shape index (κ2) is 11.0. The van der Waals surface area contributed by atoms with E-state index >= 15 is 0 Å². The van der Waals surface area contributed by atoms with Crippen LogP contribution in [0.3, 0.4) is 0 Å². The summed E-state index contributed by atoms with van der Waals surface area (Å²) in [5.41, 5.74) is 6.73. The van der Waals surface area contributed by atoms with E-state index in [1.807, 2.05) is 41.0 Å². The van der Waals surface area contributed by atoms with E-state index < -0.39 is 0 Å². The standard InChI is InChI=1S/C25H34N4O3/c1-4-28-15-8-5-9-16-29(25(31)20-12-10-14-23(26)27-20)21(18(2)3)17-32-22-13-7-6-11-19(22)24(28)30/h6-7,10-14,18,21H,4-5,8-9,15-17H2,1-3H3,(H2,26,27)/t21-/m1/s1. The topological polar surface area (TPSA) is 88.8 Å². The first-order chi connectivity index (χ1) is 15.4. The van der Waals surface area contributed by atoms with Gasteiger partial charge in [-0.3, -0.25) is 9.59 Å². The van der Waals surface area contributed by atoms with Gasteiger partial charge in [0.2, 0.25) is 0 Å². The van der Waals surface area contributed by atoms with Crippen LogP contribution in [0.15, 0.2) is 42.5 Å². The maximum absolute atomic E-state index is 13.4. The van der Waals surface area contributed by atoms with Crippen molar-refractivity contribution < 1.29 is 14.3 Å². The monoisotopic (exact) mass is 438 g/mol. The molecule has 1 aromatic heterocycles. The molecule has 3 rings (SSSR count). The van der Waals surface area contributed by atoms with Crippen LogP contribution in [-0.4, -0.2) is 58.9 Å². The Morgan fingerprint density at radius 2 is 1.88 bits per heavy atom. The van der Waals surface area contributed by atoms with Crippen molar-refractivity contribution in [1.29, 1.82) is 0 Å². The van der Waals surface area contributed by atoms with Crippen LogP contribution >= 0.6 is 0 Å². The number of ether oxygens (including phenoxy) is 1. The fourth-order valence-corrected chi connectivity index (χ4v) is 4.06. The van der Waals surface area contributed by atoms with Gasteiger partial charge in [0.25, 0.3) is 11.8 Å². The van der Waals surface area contributed by atoms with Gasteiger partial charge in [-0.2, -0.15) is 0 Å². The number of fused-ring (bicyclic) bond motifs is 1. The third kappa shape index (κ3) is 5.58. The van der Waals surface area contributed by atoms with Gasteiger partial charge in [0.1, 0.15) is 23.9 Å². The van der Waals surface area contributed by atoms with Crippen molar-refractivity contribution in [2.24, 2.45) is 5.92 Å². The number of carbonyl (C=O) groups excluding carboxylic acids is 2. The van der Waals surface area contributed by atoms with Crippen LogP contribution in [0.2, 0.25) is 0 Å². The quantitative estimate of drug-likeness (QED) is 0.786. The summed E-state index contributed by atoms with van der Waals surface area (Å²) in [5.74, 6) is 0.871.